The molecule has 19 heavy (non-hydrogen) atoms. The zero-order chi connectivity index (χ0) is 13.5. The number of piperidine rings is 1. The topological polar surface area (TPSA) is 24.5 Å². The molecule has 0 saturated carbocycles. The van der Waals surface area contributed by atoms with Crippen LogP contribution in [0, 0.1) is 5.92 Å². The van der Waals surface area contributed by atoms with Crippen LogP contribution in [0.25, 0.3) is 0 Å². The molecule has 2 rings (SSSR count). The molecule has 1 aromatic rings. The SMILES string of the molecule is COCC1CCN(C(C)CNCc2cccs2)CC1. The molecule has 1 unspecified atom stereocenters. The summed E-state index contributed by atoms with van der Waals surface area (Å²) < 4.78 is 5.25. The third-order valence-electron chi connectivity index (χ3n) is 3.99. The lowest BCUT2D eigenvalue weighted by atomic mass is 9.97. The standard InChI is InChI=1S/C15H26N2OS/c1-13(10-16-11-15-4-3-9-19-15)17-7-5-14(6-8-17)12-18-2/h3-4,9,13-14,16H,5-8,10-12H2,1-2H3. The average Bonchev–Trinajstić information content (AvgIpc) is 2.93. The van der Waals surface area contributed by atoms with Crippen molar-refractivity contribution >= 4 is 11.3 Å². The van der Waals surface area contributed by atoms with E-state index >= 15 is 0 Å². The van der Waals surface area contributed by atoms with Crippen molar-refractivity contribution in [3.63, 3.8) is 0 Å². The highest BCUT2D eigenvalue weighted by Gasteiger charge is 2.22. The predicted octanol–water partition coefficient (Wildman–Crippen LogP) is 2.58. The first kappa shape index (κ1) is 15.0. The van der Waals surface area contributed by atoms with Crippen LogP contribution in [0.3, 0.4) is 0 Å². The molecule has 3 nitrogen and oxygen atoms in total. The van der Waals surface area contributed by atoms with Crippen LogP contribution in [0.1, 0.15) is 24.6 Å². The quantitative estimate of drug-likeness (QED) is 0.832. The summed E-state index contributed by atoms with van der Waals surface area (Å²) in [6, 6.07) is 4.94. The molecule has 1 aromatic heterocycles. The number of nitrogens with one attached hydrogen (secondary N) is 1. The van der Waals surface area contributed by atoms with Crippen LogP contribution in [0.2, 0.25) is 0 Å². The number of likely N-dealkylation sites (tertiary alicyclic amines) is 1. The smallest absolute Gasteiger partial charge is 0.0491 e. The fourth-order valence-corrected chi connectivity index (χ4v) is 3.42. The third-order valence-corrected chi connectivity index (χ3v) is 4.87. The Morgan fingerprint density at radius 3 is 2.89 bits per heavy atom. The largest absolute Gasteiger partial charge is 0.384 e. The van der Waals surface area contributed by atoms with E-state index in [0.717, 1.165) is 25.6 Å². The molecule has 1 aliphatic rings. The van der Waals surface area contributed by atoms with E-state index < -0.39 is 0 Å². The Bertz CT molecular complexity index is 334. The molecule has 0 bridgehead atoms. The van der Waals surface area contributed by atoms with Crippen molar-refractivity contribution < 1.29 is 4.74 Å². The van der Waals surface area contributed by atoms with E-state index in [0.29, 0.717) is 6.04 Å². The Kier molecular flexibility index (Phi) is 6.31. The van der Waals surface area contributed by atoms with Crippen LogP contribution in [0.4, 0.5) is 0 Å². The summed E-state index contributed by atoms with van der Waals surface area (Å²) in [6.45, 7) is 7.78. The van der Waals surface area contributed by atoms with Gasteiger partial charge in [0.1, 0.15) is 0 Å². The summed E-state index contributed by atoms with van der Waals surface area (Å²) in [5, 5.41) is 5.71. The van der Waals surface area contributed by atoms with Gasteiger partial charge < -0.3 is 10.1 Å². The van der Waals surface area contributed by atoms with Gasteiger partial charge in [0, 0.05) is 37.7 Å². The van der Waals surface area contributed by atoms with Crippen molar-refractivity contribution in [3.05, 3.63) is 22.4 Å². The molecule has 0 spiro atoms. The molecule has 0 aromatic carbocycles. The van der Waals surface area contributed by atoms with Gasteiger partial charge in [-0.15, -0.1) is 11.3 Å². The lowest BCUT2D eigenvalue weighted by molar-refractivity contribution is 0.0831. The summed E-state index contributed by atoms with van der Waals surface area (Å²) >= 11 is 1.83. The van der Waals surface area contributed by atoms with Crippen molar-refractivity contribution in [1.82, 2.24) is 10.2 Å². The van der Waals surface area contributed by atoms with E-state index in [-0.39, 0.29) is 0 Å². The second-order valence-corrected chi connectivity index (χ2v) is 6.53. The highest BCUT2D eigenvalue weighted by atomic mass is 32.1. The van der Waals surface area contributed by atoms with E-state index in [1.54, 1.807) is 0 Å². The molecular formula is C15H26N2OS. The maximum absolute atomic E-state index is 5.25. The first-order valence-electron chi connectivity index (χ1n) is 7.25. The van der Waals surface area contributed by atoms with Gasteiger partial charge in [-0.05, 0) is 50.2 Å². The van der Waals surface area contributed by atoms with Crippen molar-refractivity contribution in [2.24, 2.45) is 5.92 Å². The minimum absolute atomic E-state index is 0.628. The molecule has 1 N–H and O–H groups in total. The van der Waals surface area contributed by atoms with E-state index in [2.05, 4.69) is 34.7 Å². The van der Waals surface area contributed by atoms with Crippen LogP contribution in [0.5, 0.6) is 0 Å². The van der Waals surface area contributed by atoms with Crippen LogP contribution < -0.4 is 5.32 Å². The zero-order valence-corrected chi connectivity index (χ0v) is 12.9. The van der Waals surface area contributed by atoms with E-state index in [9.17, 15) is 0 Å². The second-order valence-electron chi connectivity index (χ2n) is 5.49. The Morgan fingerprint density at radius 2 is 2.26 bits per heavy atom. The Balaban J connectivity index is 1.62. The average molecular weight is 282 g/mol. The molecular weight excluding hydrogens is 256 g/mol. The summed E-state index contributed by atoms with van der Waals surface area (Å²) in [5.41, 5.74) is 0. The highest BCUT2D eigenvalue weighted by Crippen LogP contribution is 2.19. The van der Waals surface area contributed by atoms with Gasteiger partial charge in [0.05, 0.1) is 0 Å². The van der Waals surface area contributed by atoms with Gasteiger partial charge >= 0.3 is 0 Å². The molecule has 2 heterocycles. The zero-order valence-electron chi connectivity index (χ0n) is 12.1. The van der Waals surface area contributed by atoms with Crippen molar-refractivity contribution in [1.29, 1.82) is 0 Å². The van der Waals surface area contributed by atoms with E-state index in [1.165, 1.54) is 30.8 Å². The van der Waals surface area contributed by atoms with E-state index in [4.69, 9.17) is 4.74 Å². The van der Waals surface area contributed by atoms with Crippen LogP contribution >= 0.6 is 11.3 Å². The lowest BCUT2D eigenvalue weighted by Crippen LogP contribution is -2.45. The highest BCUT2D eigenvalue weighted by molar-refractivity contribution is 7.09. The van der Waals surface area contributed by atoms with Crippen molar-refractivity contribution in [2.45, 2.75) is 32.4 Å². The maximum Gasteiger partial charge on any atom is 0.0491 e. The summed E-state index contributed by atoms with van der Waals surface area (Å²) in [5.74, 6) is 0.771. The number of rotatable bonds is 7. The third kappa shape index (κ3) is 4.88. The number of hydrogen-bond acceptors (Lipinski definition) is 4. The molecule has 1 atom stereocenters. The second kappa shape index (κ2) is 8.00. The first-order chi connectivity index (χ1) is 9.29. The lowest BCUT2D eigenvalue weighted by Gasteiger charge is -2.36. The van der Waals surface area contributed by atoms with Gasteiger partial charge in [-0.2, -0.15) is 0 Å². The Hall–Kier alpha value is -0.420. The monoisotopic (exact) mass is 282 g/mol. The number of methoxy groups -OCH3 is 1. The van der Waals surface area contributed by atoms with Crippen LogP contribution in [-0.2, 0) is 11.3 Å². The van der Waals surface area contributed by atoms with Crippen LogP contribution in [-0.4, -0.2) is 44.3 Å². The summed E-state index contributed by atoms with van der Waals surface area (Å²) in [7, 11) is 1.81. The molecule has 1 aliphatic heterocycles. The van der Waals surface area contributed by atoms with Gasteiger partial charge in [0.2, 0.25) is 0 Å². The number of hydrogen-bond donors (Lipinski definition) is 1. The fraction of sp³-hybridized carbons (Fsp3) is 0.733. The predicted molar refractivity (Wildman–Crippen MR) is 81.7 cm³/mol. The molecule has 1 fully saturated rings. The molecule has 1 saturated heterocycles. The van der Waals surface area contributed by atoms with Gasteiger partial charge in [0.15, 0.2) is 0 Å². The summed E-state index contributed by atoms with van der Waals surface area (Å²) in [4.78, 5) is 4.03. The number of ether oxygens (including phenoxy) is 1. The first-order valence-corrected chi connectivity index (χ1v) is 8.13. The maximum atomic E-state index is 5.25. The molecule has 108 valence electrons. The fourth-order valence-electron chi connectivity index (χ4n) is 2.74. The Morgan fingerprint density at radius 1 is 1.47 bits per heavy atom. The summed E-state index contributed by atoms with van der Waals surface area (Å²) in [6.07, 6.45) is 2.56. The van der Waals surface area contributed by atoms with Gasteiger partial charge in [-0.1, -0.05) is 6.07 Å². The van der Waals surface area contributed by atoms with Crippen molar-refractivity contribution in [3.8, 4) is 0 Å². The Labute approximate surface area is 121 Å². The van der Waals surface area contributed by atoms with Gasteiger partial charge in [0.25, 0.3) is 0 Å². The van der Waals surface area contributed by atoms with Gasteiger partial charge in [-0.25, -0.2) is 0 Å². The normalized spacial score (nSPS) is 19.7. The van der Waals surface area contributed by atoms with E-state index in [1.807, 2.05) is 18.4 Å². The molecule has 0 radical (unpaired) electrons. The van der Waals surface area contributed by atoms with Gasteiger partial charge in [-0.3, -0.25) is 4.90 Å². The van der Waals surface area contributed by atoms with Crippen molar-refractivity contribution in [2.75, 3.05) is 33.4 Å². The molecule has 0 amide bonds. The molecule has 4 heteroatoms. The minimum atomic E-state index is 0.628. The number of thiophene rings is 1. The molecule has 0 aliphatic carbocycles. The number of nitrogens with zero attached hydrogens (tertiary/aromatic N) is 1. The minimum Gasteiger partial charge on any atom is -0.384 e. The van der Waals surface area contributed by atoms with Crippen LogP contribution in [0.15, 0.2) is 17.5 Å².